The average molecular weight is 401 g/mol. The van der Waals surface area contributed by atoms with Crippen LogP contribution in [0.15, 0.2) is 0 Å². The first-order valence-corrected chi connectivity index (χ1v) is 11.0. The zero-order valence-corrected chi connectivity index (χ0v) is 17.8. The fourth-order valence-corrected chi connectivity index (χ4v) is 4.21. The third-order valence-electron chi connectivity index (χ3n) is 6.18. The molecule has 0 aromatic heterocycles. The number of hydrogen-bond acceptors (Lipinski definition) is 7. The van der Waals surface area contributed by atoms with E-state index in [1.54, 1.807) is 0 Å². The summed E-state index contributed by atoms with van der Waals surface area (Å²) in [5, 5.41) is 12.9. The molecule has 28 heavy (non-hydrogen) atoms. The van der Waals surface area contributed by atoms with Crippen LogP contribution in [-0.4, -0.2) is 56.0 Å². The second-order valence-electron chi connectivity index (χ2n) is 8.46. The number of carbonyl (C=O) groups is 1. The minimum atomic E-state index is -0.451. The van der Waals surface area contributed by atoms with Crippen molar-refractivity contribution in [2.75, 3.05) is 26.3 Å². The zero-order valence-electron chi connectivity index (χ0n) is 17.8. The van der Waals surface area contributed by atoms with Crippen LogP contribution in [0.3, 0.4) is 0 Å². The van der Waals surface area contributed by atoms with E-state index in [0.29, 0.717) is 43.4 Å². The number of aliphatic hydroxyl groups is 1. The number of aliphatic hydroxyl groups excluding tert-OH is 1. The van der Waals surface area contributed by atoms with Crippen molar-refractivity contribution in [3.05, 3.63) is 0 Å². The molecule has 7 nitrogen and oxygen atoms in total. The lowest BCUT2D eigenvalue weighted by Gasteiger charge is -2.28. The number of hydrogen-bond donors (Lipinski definition) is 3. The Morgan fingerprint density at radius 2 is 1.96 bits per heavy atom. The normalized spacial score (nSPS) is 33.0. The highest BCUT2D eigenvalue weighted by atomic mass is 16.7. The molecule has 0 spiro atoms. The number of carbonyl (C=O) groups excluding carboxylic acids is 1. The number of esters is 1. The minimum Gasteiger partial charge on any atom is -0.463 e. The first-order valence-electron chi connectivity index (χ1n) is 11.0. The number of unbranched alkanes of at least 4 members (excludes halogenated alkanes) is 2. The summed E-state index contributed by atoms with van der Waals surface area (Å²) in [6.07, 6.45) is 4.97. The first kappa shape index (κ1) is 23.5. The van der Waals surface area contributed by atoms with Gasteiger partial charge in [0.05, 0.1) is 6.10 Å². The number of nitrogens with one attached hydrogen (secondary N) is 1. The van der Waals surface area contributed by atoms with E-state index in [-0.39, 0.29) is 18.4 Å². The van der Waals surface area contributed by atoms with Gasteiger partial charge in [-0.25, -0.2) is 0 Å². The molecule has 0 aromatic rings. The van der Waals surface area contributed by atoms with Gasteiger partial charge in [0, 0.05) is 19.4 Å². The van der Waals surface area contributed by atoms with E-state index in [1.807, 2.05) is 0 Å². The largest absolute Gasteiger partial charge is 0.463 e. The summed E-state index contributed by atoms with van der Waals surface area (Å²) in [5.41, 5.74) is 5.44. The van der Waals surface area contributed by atoms with Gasteiger partial charge in [0.1, 0.15) is 12.8 Å². The minimum absolute atomic E-state index is 0.0939. The van der Waals surface area contributed by atoms with Gasteiger partial charge >= 0.3 is 5.97 Å². The highest BCUT2D eigenvalue weighted by Gasteiger charge is 2.52. The molecule has 4 N–H and O–H groups in total. The fraction of sp³-hybridized carbons (Fsp3) is 0.952. The molecule has 0 radical (unpaired) electrons. The van der Waals surface area contributed by atoms with Gasteiger partial charge in [-0.3, -0.25) is 10.1 Å². The molecule has 0 aromatic carbocycles. The molecule has 2 aliphatic rings. The van der Waals surface area contributed by atoms with Crippen molar-refractivity contribution in [1.29, 1.82) is 0 Å². The average Bonchev–Trinajstić information content (AvgIpc) is 3.46. The second-order valence-corrected chi connectivity index (χ2v) is 8.46. The Morgan fingerprint density at radius 1 is 1.21 bits per heavy atom. The lowest BCUT2D eigenvalue weighted by atomic mass is 9.96. The molecule has 1 saturated heterocycles. The van der Waals surface area contributed by atoms with Crippen LogP contribution in [0.1, 0.15) is 59.3 Å². The second kappa shape index (κ2) is 12.1. The van der Waals surface area contributed by atoms with Crippen LogP contribution in [0.4, 0.5) is 0 Å². The smallest absolute Gasteiger partial charge is 0.302 e. The summed E-state index contributed by atoms with van der Waals surface area (Å²) in [5.74, 6) is 1.78. The Hall–Kier alpha value is -0.730. The lowest BCUT2D eigenvalue weighted by Crippen LogP contribution is -2.35. The molecular formula is C21H40N2O5. The molecule has 0 amide bonds. The highest BCUT2D eigenvalue weighted by molar-refractivity contribution is 5.65. The summed E-state index contributed by atoms with van der Waals surface area (Å²) < 4.78 is 17.5. The number of fused-ring (bicyclic) bond motifs is 1. The predicted molar refractivity (Wildman–Crippen MR) is 107 cm³/mol. The zero-order chi connectivity index (χ0) is 20.5. The van der Waals surface area contributed by atoms with Crippen molar-refractivity contribution in [3.63, 3.8) is 0 Å². The first-order chi connectivity index (χ1) is 13.4. The quantitative estimate of drug-likeness (QED) is 0.247. The molecule has 7 unspecified atom stereocenters. The van der Waals surface area contributed by atoms with Crippen molar-refractivity contribution in [2.45, 2.75) is 77.9 Å². The molecule has 7 heteroatoms. The summed E-state index contributed by atoms with van der Waals surface area (Å²) in [6, 6.07) is 0. The number of ether oxygens (including phenoxy) is 3. The molecule has 164 valence electrons. The van der Waals surface area contributed by atoms with Gasteiger partial charge in [0.15, 0.2) is 6.29 Å². The van der Waals surface area contributed by atoms with Gasteiger partial charge in [0.2, 0.25) is 0 Å². The SMILES string of the molecule is CC(=O)OCC1OC(OCCCCCC(O)NCCCN)C(C)C2CC2C1C. The topological polar surface area (TPSA) is 103 Å². The Labute approximate surface area is 169 Å². The maximum Gasteiger partial charge on any atom is 0.302 e. The Morgan fingerprint density at radius 3 is 2.68 bits per heavy atom. The van der Waals surface area contributed by atoms with Gasteiger partial charge in [-0.2, -0.15) is 0 Å². The fourth-order valence-electron chi connectivity index (χ4n) is 4.21. The van der Waals surface area contributed by atoms with Crippen LogP contribution >= 0.6 is 0 Å². The Bertz CT molecular complexity index is 464. The van der Waals surface area contributed by atoms with Crippen molar-refractivity contribution in [2.24, 2.45) is 29.4 Å². The third-order valence-corrected chi connectivity index (χ3v) is 6.18. The maximum absolute atomic E-state index is 11.2. The highest BCUT2D eigenvalue weighted by Crippen LogP contribution is 2.54. The summed E-state index contributed by atoms with van der Waals surface area (Å²) in [7, 11) is 0. The van der Waals surface area contributed by atoms with E-state index in [1.165, 1.54) is 13.3 Å². The molecule has 1 heterocycles. The molecule has 1 aliphatic carbocycles. The van der Waals surface area contributed by atoms with Crippen molar-refractivity contribution < 1.29 is 24.1 Å². The van der Waals surface area contributed by atoms with Crippen LogP contribution in [-0.2, 0) is 19.0 Å². The van der Waals surface area contributed by atoms with Crippen LogP contribution in [0.25, 0.3) is 0 Å². The van der Waals surface area contributed by atoms with Crippen LogP contribution in [0.5, 0.6) is 0 Å². The van der Waals surface area contributed by atoms with Crippen molar-refractivity contribution in [3.8, 4) is 0 Å². The van der Waals surface area contributed by atoms with E-state index in [2.05, 4.69) is 19.2 Å². The summed E-state index contributed by atoms with van der Waals surface area (Å²) in [6.45, 7) is 8.19. The molecular weight excluding hydrogens is 360 g/mol. The van der Waals surface area contributed by atoms with Gasteiger partial charge in [-0.05, 0) is 62.9 Å². The number of rotatable bonds is 13. The Balaban J connectivity index is 1.65. The molecule has 2 rings (SSSR count). The van der Waals surface area contributed by atoms with Gasteiger partial charge in [-0.1, -0.05) is 20.3 Å². The molecule has 0 bridgehead atoms. The van der Waals surface area contributed by atoms with Crippen molar-refractivity contribution >= 4 is 5.97 Å². The predicted octanol–water partition coefficient (Wildman–Crippen LogP) is 2.02. The van der Waals surface area contributed by atoms with Gasteiger partial charge in [-0.15, -0.1) is 0 Å². The summed E-state index contributed by atoms with van der Waals surface area (Å²) in [4.78, 5) is 11.2. The number of nitrogens with two attached hydrogens (primary N) is 1. The van der Waals surface area contributed by atoms with Gasteiger partial charge < -0.3 is 25.1 Å². The third kappa shape index (κ3) is 7.59. The maximum atomic E-state index is 11.2. The standard InChI is InChI=1S/C21H40N2O5/c1-14-17-12-18(17)15(2)21(28-19(14)13-27-16(3)24)26-11-6-4-5-8-20(25)23-10-7-9-22/h14-15,17-21,23,25H,4-13,22H2,1-3H3. The molecule has 1 saturated carbocycles. The van der Waals surface area contributed by atoms with Crippen LogP contribution in [0.2, 0.25) is 0 Å². The molecule has 7 atom stereocenters. The van der Waals surface area contributed by atoms with E-state index in [0.717, 1.165) is 38.6 Å². The van der Waals surface area contributed by atoms with Crippen molar-refractivity contribution in [1.82, 2.24) is 5.32 Å². The monoisotopic (exact) mass is 400 g/mol. The van der Waals surface area contributed by atoms with Gasteiger partial charge in [0.25, 0.3) is 0 Å². The Kier molecular flexibility index (Phi) is 10.2. The van der Waals surface area contributed by atoms with Crippen LogP contribution < -0.4 is 11.1 Å². The molecule has 1 aliphatic heterocycles. The lowest BCUT2D eigenvalue weighted by molar-refractivity contribution is -0.210. The van der Waals surface area contributed by atoms with E-state index >= 15 is 0 Å². The van der Waals surface area contributed by atoms with E-state index < -0.39 is 6.23 Å². The molecule has 2 fully saturated rings. The van der Waals surface area contributed by atoms with E-state index in [4.69, 9.17) is 19.9 Å². The summed E-state index contributed by atoms with van der Waals surface area (Å²) >= 11 is 0. The van der Waals surface area contributed by atoms with E-state index in [9.17, 15) is 9.90 Å². The van der Waals surface area contributed by atoms with Crippen LogP contribution in [0, 0.1) is 23.7 Å².